The molecule has 4 rings (SSSR count). The number of thiophene rings is 1. The van der Waals surface area contributed by atoms with E-state index in [1.54, 1.807) is 28.8 Å². The van der Waals surface area contributed by atoms with Gasteiger partial charge in [-0.2, -0.15) is 0 Å². The van der Waals surface area contributed by atoms with Crippen molar-refractivity contribution >= 4 is 28.9 Å². The van der Waals surface area contributed by atoms with Crippen molar-refractivity contribution in [2.45, 2.75) is 13.0 Å². The highest BCUT2D eigenvalue weighted by molar-refractivity contribution is 7.13. The number of fused-ring (bicyclic) bond motifs is 3. The molecular formula is C19H14ClNO3S. The molecule has 4 nitrogen and oxygen atoms in total. The van der Waals surface area contributed by atoms with Crippen LogP contribution in [0.4, 0.5) is 0 Å². The SMILES string of the molecule is COC(=O)c1cc(-c2cccc(Cl)c2)c(=O)n2c1-c1sccc1CC2. The lowest BCUT2D eigenvalue weighted by Crippen LogP contribution is -2.29. The first-order chi connectivity index (χ1) is 12.1. The quantitative estimate of drug-likeness (QED) is 0.633. The number of aryl methyl sites for hydroxylation is 1. The third kappa shape index (κ3) is 2.60. The summed E-state index contributed by atoms with van der Waals surface area (Å²) < 4.78 is 6.65. The fourth-order valence-corrected chi connectivity index (χ4v) is 4.44. The molecule has 0 bridgehead atoms. The Hall–Kier alpha value is -2.37. The number of halogens is 1. The van der Waals surface area contributed by atoms with Crippen LogP contribution >= 0.6 is 22.9 Å². The molecule has 0 saturated carbocycles. The highest BCUT2D eigenvalue weighted by atomic mass is 35.5. The van der Waals surface area contributed by atoms with Gasteiger partial charge in [0.25, 0.3) is 5.56 Å². The number of carbonyl (C=O) groups is 1. The first-order valence-electron chi connectivity index (χ1n) is 7.79. The normalized spacial score (nSPS) is 12.4. The van der Waals surface area contributed by atoms with E-state index in [0.717, 1.165) is 16.9 Å². The van der Waals surface area contributed by atoms with Crippen LogP contribution in [0, 0.1) is 0 Å². The molecule has 0 unspecified atom stereocenters. The van der Waals surface area contributed by atoms with Crippen LogP contribution in [0.1, 0.15) is 15.9 Å². The van der Waals surface area contributed by atoms with Crippen molar-refractivity contribution in [2.75, 3.05) is 7.11 Å². The summed E-state index contributed by atoms with van der Waals surface area (Å²) in [6.45, 7) is 0.538. The summed E-state index contributed by atoms with van der Waals surface area (Å²) in [5.74, 6) is -0.451. The van der Waals surface area contributed by atoms with E-state index in [2.05, 4.69) is 0 Å². The molecule has 3 heterocycles. The van der Waals surface area contributed by atoms with E-state index < -0.39 is 5.97 Å². The number of hydrogen-bond donors (Lipinski definition) is 0. The van der Waals surface area contributed by atoms with Crippen molar-refractivity contribution in [1.29, 1.82) is 0 Å². The molecule has 3 aromatic rings. The Labute approximate surface area is 153 Å². The molecule has 0 N–H and O–H groups in total. The van der Waals surface area contributed by atoms with Gasteiger partial charge in [-0.05, 0) is 47.2 Å². The minimum absolute atomic E-state index is 0.121. The lowest BCUT2D eigenvalue weighted by molar-refractivity contribution is 0.0600. The lowest BCUT2D eigenvalue weighted by atomic mass is 9.98. The molecule has 0 radical (unpaired) electrons. The zero-order valence-corrected chi connectivity index (χ0v) is 15.0. The standard InChI is InChI=1S/C19H14ClNO3S/c1-24-19(23)15-10-14(12-3-2-4-13(20)9-12)18(22)21-7-5-11-6-8-25-17(11)16(15)21/h2-4,6,8-10H,5,7H2,1H3. The molecule has 0 aliphatic carbocycles. The number of aromatic nitrogens is 1. The van der Waals surface area contributed by atoms with Crippen LogP contribution in [-0.4, -0.2) is 17.6 Å². The highest BCUT2D eigenvalue weighted by Crippen LogP contribution is 2.37. The van der Waals surface area contributed by atoms with Gasteiger partial charge in [-0.15, -0.1) is 11.3 Å². The van der Waals surface area contributed by atoms with Gasteiger partial charge < -0.3 is 9.30 Å². The number of pyridine rings is 1. The fourth-order valence-electron chi connectivity index (χ4n) is 3.23. The smallest absolute Gasteiger partial charge is 0.340 e. The molecule has 0 spiro atoms. The van der Waals surface area contributed by atoms with E-state index in [1.165, 1.54) is 18.4 Å². The molecule has 0 atom stereocenters. The van der Waals surface area contributed by atoms with Crippen molar-refractivity contribution in [3.8, 4) is 21.7 Å². The highest BCUT2D eigenvalue weighted by Gasteiger charge is 2.27. The van der Waals surface area contributed by atoms with E-state index in [1.807, 2.05) is 17.5 Å². The summed E-state index contributed by atoms with van der Waals surface area (Å²) in [4.78, 5) is 26.5. The first-order valence-corrected chi connectivity index (χ1v) is 9.04. The van der Waals surface area contributed by atoms with E-state index >= 15 is 0 Å². The third-order valence-corrected chi connectivity index (χ3v) is 5.60. The summed E-state index contributed by atoms with van der Waals surface area (Å²) in [5.41, 5.74) is 3.23. The topological polar surface area (TPSA) is 48.3 Å². The molecule has 6 heteroatoms. The maximum atomic E-state index is 13.1. The van der Waals surface area contributed by atoms with Gasteiger partial charge in [0.2, 0.25) is 0 Å². The number of hydrogen-bond acceptors (Lipinski definition) is 4. The monoisotopic (exact) mass is 371 g/mol. The van der Waals surface area contributed by atoms with Gasteiger partial charge >= 0.3 is 5.97 Å². The van der Waals surface area contributed by atoms with Crippen LogP contribution in [0.3, 0.4) is 0 Å². The molecule has 0 fully saturated rings. The number of carbonyl (C=O) groups excluding carboxylic acids is 1. The van der Waals surface area contributed by atoms with Crippen molar-refractivity contribution in [3.63, 3.8) is 0 Å². The van der Waals surface area contributed by atoms with Crippen molar-refractivity contribution in [3.05, 3.63) is 68.3 Å². The second-order valence-electron chi connectivity index (χ2n) is 5.80. The van der Waals surface area contributed by atoms with Gasteiger partial charge in [-0.25, -0.2) is 4.79 Å². The maximum Gasteiger partial charge on any atom is 0.340 e. The minimum atomic E-state index is -0.451. The molecular weight excluding hydrogens is 358 g/mol. The third-order valence-electron chi connectivity index (χ3n) is 4.40. The Morgan fingerprint density at radius 2 is 2.12 bits per heavy atom. The molecule has 0 amide bonds. The van der Waals surface area contributed by atoms with Gasteiger partial charge in [0, 0.05) is 17.1 Å². The molecule has 25 heavy (non-hydrogen) atoms. The zero-order valence-electron chi connectivity index (χ0n) is 13.4. The Morgan fingerprint density at radius 3 is 2.88 bits per heavy atom. The number of benzene rings is 1. The summed E-state index contributed by atoms with van der Waals surface area (Å²) in [6.07, 6.45) is 0.769. The molecule has 2 aromatic heterocycles. The largest absolute Gasteiger partial charge is 0.465 e. The maximum absolute atomic E-state index is 13.1. The zero-order chi connectivity index (χ0) is 17.6. The summed E-state index contributed by atoms with van der Waals surface area (Å²) >= 11 is 7.61. The number of methoxy groups -OCH3 is 1. The van der Waals surface area contributed by atoms with Crippen LogP contribution < -0.4 is 5.56 Å². The van der Waals surface area contributed by atoms with Gasteiger partial charge in [0.15, 0.2) is 0 Å². The second kappa shape index (κ2) is 6.17. The number of esters is 1. The van der Waals surface area contributed by atoms with Gasteiger partial charge in [0.1, 0.15) is 0 Å². The van der Waals surface area contributed by atoms with Gasteiger partial charge in [-0.3, -0.25) is 4.79 Å². The van der Waals surface area contributed by atoms with Crippen LogP contribution in [0.5, 0.6) is 0 Å². The van der Waals surface area contributed by atoms with E-state index in [-0.39, 0.29) is 5.56 Å². The van der Waals surface area contributed by atoms with E-state index in [9.17, 15) is 9.59 Å². The molecule has 1 aliphatic heterocycles. The number of rotatable bonds is 2. The average molecular weight is 372 g/mol. The molecule has 0 saturated heterocycles. The van der Waals surface area contributed by atoms with Crippen LogP contribution in [-0.2, 0) is 17.7 Å². The van der Waals surface area contributed by atoms with Crippen LogP contribution in [0.25, 0.3) is 21.7 Å². The lowest BCUT2D eigenvalue weighted by Gasteiger charge is -2.22. The second-order valence-corrected chi connectivity index (χ2v) is 7.16. The van der Waals surface area contributed by atoms with Crippen LogP contribution in [0.15, 0.2) is 46.6 Å². The van der Waals surface area contributed by atoms with Gasteiger partial charge in [0.05, 0.1) is 23.2 Å². The minimum Gasteiger partial charge on any atom is -0.465 e. The Bertz CT molecular complexity index is 1050. The molecule has 1 aliphatic rings. The Kier molecular flexibility index (Phi) is 3.98. The summed E-state index contributed by atoms with van der Waals surface area (Å²) in [5, 5.41) is 2.52. The predicted octanol–water partition coefficient (Wildman–Crippen LogP) is 4.24. The van der Waals surface area contributed by atoms with Gasteiger partial charge in [-0.1, -0.05) is 23.7 Å². The van der Waals surface area contributed by atoms with Crippen molar-refractivity contribution in [2.24, 2.45) is 0 Å². The van der Waals surface area contributed by atoms with Crippen molar-refractivity contribution in [1.82, 2.24) is 4.57 Å². The first kappa shape index (κ1) is 16.1. The number of nitrogens with zero attached hydrogens (tertiary/aromatic N) is 1. The molecule has 1 aromatic carbocycles. The summed E-state index contributed by atoms with van der Waals surface area (Å²) in [6, 6.07) is 10.7. The Morgan fingerprint density at radius 1 is 1.28 bits per heavy atom. The number of ether oxygens (including phenoxy) is 1. The summed E-state index contributed by atoms with van der Waals surface area (Å²) in [7, 11) is 1.35. The fraction of sp³-hybridized carbons (Fsp3) is 0.158. The van der Waals surface area contributed by atoms with E-state index in [0.29, 0.717) is 34.0 Å². The van der Waals surface area contributed by atoms with E-state index in [4.69, 9.17) is 16.3 Å². The van der Waals surface area contributed by atoms with Crippen LogP contribution in [0.2, 0.25) is 5.02 Å². The Balaban J connectivity index is 2.05. The predicted molar refractivity (Wildman–Crippen MR) is 99.5 cm³/mol. The molecule has 126 valence electrons. The van der Waals surface area contributed by atoms with Crippen molar-refractivity contribution < 1.29 is 9.53 Å². The average Bonchev–Trinajstić information content (AvgIpc) is 3.10.